The number of carbonyl (C=O) groups is 8. The van der Waals surface area contributed by atoms with Gasteiger partial charge in [0.25, 0.3) is 5.91 Å². The van der Waals surface area contributed by atoms with E-state index in [4.69, 9.17) is 52.1 Å². The molecule has 3 aliphatic rings. The van der Waals surface area contributed by atoms with Crippen molar-refractivity contribution in [3.05, 3.63) is 64.9 Å². The summed E-state index contributed by atoms with van der Waals surface area (Å²) >= 11 is 0. The van der Waals surface area contributed by atoms with Crippen LogP contribution in [-0.4, -0.2) is 213 Å². The number of likely N-dealkylation sites (tertiary alicyclic amines) is 1. The van der Waals surface area contributed by atoms with Crippen molar-refractivity contribution in [2.75, 3.05) is 137 Å². The molecule has 0 aromatic heterocycles. The Hall–Kier alpha value is -6.42. The number of nitrogens with one attached hydrogen (secondary N) is 2. The van der Waals surface area contributed by atoms with Crippen molar-refractivity contribution in [3.63, 3.8) is 0 Å². The number of imide groups is 1. The standard InChI is InChI=1S/C62H91N5O20/c1-8-17-86-55-39-51-50(38-54(55)77-7)60(74)66-40-43(4)34-52(66)61(75)67(51)62(76)87-41-47-11-9-46(10-12-47)36-53(69)45(6)64-58(72)49(42(2)3)37-48(68)14-18-78-20-22-80-24-26-82-28-30-84-32-33-85-31-29-83-27-25-81-23-21-79-19-15-63-56(70)13-16-65-57(71)35-44(5)59(65)73/h9-12,38-40,42,44-45,49,52,61,75H,8,13-37,41H2,1-7H3,(H,63,70)(H,64,72)/t44?,45-,49-,52-,61-/m0/s1. The summed E-state index contributed by atoms with van der Waals surface area (Å²) in [5, 5.41) is 17.2. The molecule has 25 nitrogen and oxygen atoms in total. The largest absolute Gasteiger partial charge is 0.493 e. The molecule has 1 unspecified atom stereocenters. The minimum Gasteiger partial charge on any atom is -0.493 e. The summed E-state index contributed by atoms with van der Waals surface area (Å²) in [7, 11) is 1.46. The molecule has 5 rings (SSSR count). The predicted molar refractivity (Wildman–Crippen MR) is 316 cm³/mol. The first-order valence-corrected chi connectivity index (χ1v) is 30.1. The fourth-order valence-electron chi connectivity index (χ4n) is 9.51. The first-order chi connectivity index (χ1) is 41.9. The molecule has 87 heavy (non-hydrogen) atoms. The van der Waals surface area contributed by atoms with E-state index in [9.17, 15) is 43.5 Å². The first-order valence-electron chi connectivity index (χ1n) is 30.1. The summed E-state index contributed by atoms with van der Waals surface area (Å²) in [5.74, 6) is -2.39. The van der Waals surface area contributed by atoms with Gasteiger partial charge in [-0.2, -0.15) is 0 Å². The monoisotopic (exact) mass is 1230 g/mol. The van der Waals surface area contributed by atoms with Crippen LogP contribution in [0.4, 0.5) is 10.5 Å². The van der Waals surface area contributed by atoms with Crippen LogP contribution in [0.15, 0.2) is 48.2 Å². The molecule has 0 radical (unpaired) electrons. The van der Waals surface area contributed by atoms with Gasteiger partial charge < -0.3 is 72.7 Å². The second-order valence-electron chi connectivity index (χ2n) is 21.7. The lowest BCUT2D eigenvalue weighted by Gasteiger charge is -2.31. The van der Waals surface area contributed by atoms with Crippen molar-refractivity contribution in [2.45, 2.75) is 111 Å². The third-order valence-electron chi connectivity index (χ3n) is 14.4. The van der Waals surface area contributed by atoms with E-state index < -0.39 is 36.2 Å². The van der Waals surface area contributed by atoms with E-state index in [1.54, 1.807) is 44.3 Å². The Bertz CT molecular complexity index is 2560. The average Bonchev–Trinajstić information content (AvgIpc) is 1.81. The van der Waals surface area contributed by atoms with Gasteiger partial charge in [-0.05, 0) is 49.8 Å². The van der Waals surface area contributed by atoms with Gasteiger partial charge in [0.05, 0.1) is 143 Å². The average molecular weight is 1230 g/mol. The molecule has 3 aliphatic heterocycles. The lowest BCUT2D eigenvalue weighted by molar-refractivity contribution is -0.139. The molecule has 0 aliphatic carbocycles. The zero-order valence-electron chi connectivity index (χ0n) is 51.6. The van der Waals surface area contributed by atoms with Crippen LogP contribution in [0.25, 0.3) is 0 Å². The summed E-state index contributed by atoms with van der Waals surface area (Å²) < 4.78 is 61.2. The molecule has 0 spiro atoms. The number of carbonyl (C=O) groups excluding carboxylic acids is 8. The van der Waals surface area contributed by atoms with E-state index in [0.29, 0.717) is 141 Å². The smallest absolute Gasteiger partial charge is 0.416 e. The number of Topliss-reactive ketones (excluding diaryl/α,β-unsaturated/α-hetero) is 2. The fourth-order valence-corrected chi connectivity index (χ4v) is 9.51. The number of methoxy groups -OCH3 is 1. The van der Waals surface area contributed by atoms with Crippen LogP contribution in [0.3, 0.4) is 0 Å². The molecule has 3 heterocycles. The van der Waals surface area contributed by atoms with Crippen molar-refractivity contribution in [1.29, 1.82) is 0 Å². The van der Waals surface area contributed by atoms with Gasteiger partial charge in [0, 0.05) is 69.3 Å². The zero-order valence-corrected chi connectivity index (χ0v) is 51.6. The van der Waals surface area contributed by atoms with Crippen LogP contribution in [-0.2, 0) is 84.4 Å². The normalized spacial score (nSPS) is 17.2. The second-order valence-corrected chi connectivity index (χ2v) is 21.7. The minimum absolute atomic E-state index is 0.00373. The number of anilines is 1. The van der Waals surface area contributed by atoms with E-state index >= 15 is 0 Å². The van der Waals surface area contributed by atoms with Crippen LogP contribution in [0.5, 0.6) is 11.5 Å². The van der Waals surface area contributed by atoms with E-state index in [0.717, 1.165) is 15.4 Å². The summed E-state index contributed by atoms with van der Waals surface area (Å²) in [6, 6.07) is 8.34. The third-order valence-corrected chi connectivity index (χ3v) is 14.4. The Morgan fingerprint density at radius 3 is 1.78 bits per heavy atom. The predicted octanol–water partition coefficient (Wildman–Crippen LogP) is 4.35. The first kappa shape index (κ1) is 71.3. The number of benzene rings is 2. The molecule has 484 valence electrons. The Kier molecular flexibility index (Phi) is 31.8. The number of amides is 6. The highest BCUT2D eigenvalue weighted by Gasteiger charge is 2.45. The summed E-state index contributed by atoms with van der Waals surface area (Å²) in [4.78, 5) is 107. The number of aliphatic hydroxyl groups excluding tert-OH is 1. The molecule has 1 fully saturated rings. The lowest BCUT2D eigenvalue weighted by atomic mass is 9.88. The van der Waals surface area contributed by atoms with Crippen LogP contribution in [0.2, 0.25) is 0 Å². The maximum absolute atomic E-state index is 13.9. The number of rotatable bonds is 44. The van der Waals surface area contributed by atoms with Gasteiger partial charge in [-0.25, -0.2) is 9.69 Å². The number of ether oxygens (including phenoxy) is 11. The Morgan fingerprint density at radius 2 is 1.25 bits per heavy atom. The highest BCUT2D eigenvalue weighted by Crippen LogP contribution is 2.42. The van der Waals surface area contributed by atoms with Gasteiger partial charge in [0.1, 0.15) is 12.4 Å². The van der Waals surface area contributed by atoms with Crippen molar-refractivity contribution < 1.29 is 95.6 Å². The van der Waals surface area contributed by atoms with Crippen molar-refractivity contribution in [1.82, 2.24) is 20.4 Å². The van der Waals surface area contributed by atoms with E-state index in [1.165, 1.54) is 24.1 Å². The lowest BCUT2D eigenvalue weighted by Crippen LogP contribution is -2.50. The zero-order chi connectivity index (χ0) is 63.1. The summed E-state index contributed by atoms with van der Waals surface area (Å²) in [5.41, 5.74) is 2.40. The molecule has 0 bridgehead atoms. The van der Waals surface area contributed by atoms with Crippen LogP contribution in [0.1, 0.15) is 102 Å². The van der Waals surface area contributed by atoms with Crippen molar-refractivity contribution in [3.8, 4) is 11.5 Å². The number of fused-ring (bicyclic) bond motifs is 2. The van der Waals surface area contributed by atoms with Crippen molar-refractivity contribution >= 4 is 52.9 Å². The molecule has 2 aromatic rings. The van der Waals surface area contributed by atoms with Gasteiger partial charge >= 0.3 is 6.09 Å². The van der Waals surface area contributed by atoms with Gasteiger partial charge in [0.2, 0.25) is 23.6 Å². The molecule has 3 N–H and O–H groups in total. The maximum Gasteiger partial charge on any atom is 0.416 e. The van der Waals surface area contributed by atoms with E-state index in [1.807, 2.05) is 27.7 Å². The second kappa shape index (κ2) is 38.8. The highest BCUT2D eigenvalue weighted by molar-refractivity contribution is 6.06. The quantitative estimate of drug-likeness (QED) is 0.0614. The molecular weight excluding hydrogens is 1130 g/mol. The molecule has 2 aromatic carbocycles. The Morgan fingerprint density at radius 1 is 0.701 bits per heavy atom. The minimum atomic E-state index is -1.44. The van der Waals surface area contributed by atoms with Gasteiger partial charge in [-0.3, -0.25) is 38.5 Å². The highest BCUT2D eigenvalue weighted by atomic mass is 16.6. The van der Waals surface area contributed by atoms with E-state index in [2.05, 4.69) is 10.6 Å². The van der Waals surface area contributed by atoms with Gasteiger partial charge in [-0.1, -0.05) is 57.5 Å². The van der Waals surface area contributed by atoms with E-state index in [-0.39, 0.29) is 117 Å². The number of nitrogens with zero attached hydrogens (tertiary/aromatic N) is 3. The number of ketones is 2. The van der Waals surface area contributed by atoms with Crippen LogP contribution in [0, 0.1) is 17.8 Å². The number of hydrogen-bond acceptors (Lipinski definition) is 20. The SMILES string of the molecule is CCCOc1cc2c(cc1OC)C(=O)N1C=C(C)C[C@H]1[C@H](O)N2C(=O)OCc1ccc(CC(=O)[C@H](C)NC(=O)[C@@H](CC(=O)CCOCCOCCOCCOCCOCCOCCOCCOCCNC(=O)CCN2C(=O)CC(C)C2=O)C(C)C)cc1. The molecule has 25 heteroatoms. The van der Waals surface area contributed by atoms with Gasteiger partial charge in [-0.15, -0.1) is 0 Å². The third kappa shape index (κ3) is 23.9. The Balaban J connectivity index is 0.833. The fraction of sp³-hybridized carbons (Fsp3) is 0.645. The van der Waals surface area contributed by atoms with Crippen LogP contribution < -0.4 is 25.0 Å². The number of hydrogen-bond donors (Lipinski definition) is 3. The summed E-state index contributed by atoms with van der Waals surface area (Å²) in [6.07, 6.45) is 0.809. The topological polar surface area (TPSA) is 292 Å². The summed E-state index contributed by atoms with van der Waals surface area (Å²) in [6.45, 7) is 17.2. The molecule has 6 amide bonds. The number of aliphatic hydroxyl groups is 1. The van der Waals surface area contributed by atoms with Crippen molar-refractivity contribution in [2.24, 2.45) is 17.8 Å². The molecule has 1 saturated heterocycles. The maximum atomic E-state index is 13.9. The van der Waals surface area contributed by atoms with Gasteiger partial charge in [0.15, 0.2) is 23.5 Å². The molecule has 0 saturated carbocycles. The Labute approximate surface area is 510 Å². The molecule has 5 atom stereocenters. The van der Waals surface area contributed by atoms with Crippen LogP contribution >= 0.6 is 0 Å². The molecular formula is C62H91N5O20.